The SMILES string of the molecule is O=C(Nc1ccccc1C1CNCCO1)c1ccc(Cl)cc1F. The summed E-state index contributed by atoms with van der Waals surface area (Å²) < 4.78 is 19.6. The summed E-state index contributed by atoms with van der Waals surface area (Å²) in [6.07, 6.45) is -0.143. The number of rotatable bonds is 3. The zero-order valence-electron chi connectivity index (χ0n) is 12.3. The van der Waals surface area contributed by atoms with Gasteiger partial charge in [0.1, 0.15) is 5.82 Å². The number of para-hydroxylation sites is 1. The average molecular weight is 335 g/mol. The van der Waals surface area contributed by atoms with Crippen molar-refractivity contribution in [3.05, 3.63) is 64.4 Å². The third kappa shape index (κ3) is 3.69. The fraction of sp³-hybridized carbons (Fsp3) is 0.235. The van der Waals surface area contributed by atoms with Crippen LogP contribution in [0.2, 0.25) is 5.02 Å². The third-order valence-electron chi connectivity index (χ3n) is 3.66. The summed E-state index contributed by atoms with van der Waals surface area (Å²) in [4.78, 5) is 12.3. The van der Waals surface area contributed by atoms with E-state index in [2.05, 4.69) is 10.6 Å². The quantitative estimate of drug-likeness (QED) is 0.904. The van der Waals surface area contributed by atoms with Crippen LogP contribution in [-0.4, -0.2) is 25.6 Å². The number of hydrogen-bond acceptors (Lipinski definition) is 3. The van der Waals surface area contributed by atoms with Gasteiger partial charge in [0.2, 0.25) is 0 Å². The highest BCUT2D eigenvalue weighted by Gasteiger charge is 2.20. The second-order valence-electron chi connectivity index (χ2n) is 5.23. The molecule has 1 saturated heterocycles. The average Bonchev–Trinajstić information content (AvgIpc) is 2.56. The van der Waals surface area contributed by atoms with E-state index >= 15 is 0 Å². The Morgan fingerprint density at radius 2 is 2.13 bits per heavy atom. The molecule has 4 nitrogen and oxygen atoms in total. The van der Waals surface area contributed by atoms with E-state index in [4.69, 9.17) is 16.3 Å². The highest BCUT2D eigenvalue weighted by atomic mass is 35.5. The van der Waals surface area contributed by atoms with Gasteiger partial charge in [-0.05, 0) is 24.3 Å². The molecule has 1 aliphatic rings. The number of hydrogen-bond donors (Lipinski definition) is 2. The summed E-state index contributed by atoms with van der Waals surface area (Å²) in [5, 5.41) is 6.25. The van der Waals surface area contributed by atoms with E-state index in [1.807, 2.05) is 18.2 Å². The van der Waals surface area contributed by atoms with Gasteiger partial charge in [0, 0.05) is 29.4 Å². The van der Waals surface area contributed by atoms with E-state index in [1.54, 1.807) is 6.07 Å². The van der Waals surface area contributed by atoms with Gasteiger partial charge in [-0.25, -0.2) is 4.39 Å². The number of anilines is 1. The van der Waals surface area contributed by atoms with E-state index in [1.165, 1.54) is 12.1 Å². The van der Waals surface area contributed by atoms with Crippen molar-refractivity contribution in [1.29, 1.82) is 0 Å². The molecule has 2 aromatic carbocycles. The Morgan fingerprint density at radius 1 is 1.30 bits per heavy atom. The normalized spacial score (nSPS) is 17.7. The van der Waals surface area contributed by atoms with Gasteiger partial charge in [-0.1, -0.05) is 29.8 Å². The van der Waals surface area contributed by atoms with Crippen LogP contribution < -0.4 is 10.6 Å². The first kappa shape index (κ1) is 15.9. The largest absolute Gasteiger partial charge is 0.371 e. The Balaban J connectivity index is 1.83. The van der Waals surface area contributed by atoms with Gasteiger partial charge >= 0.3 is 0 Å². The van der Waals surface area contributed by atoms with Crippen molar-refractivity contribution in [2.24, 2.45) is 0 Å². The molecule has 0 aliphatic carbocycles. The number of nitrogens with one attached hydrogen (secondary N) is 2. The number of carbonyl (C=O) groups excluding carboxylic acids is 1. The Hall–Kier alpha value is -1.95. The lowest BCUT2D eigenvalue weighted by Gasteiger charge is -2.25. The first-order valence-corrected chi connectivity index (χ1v) is 7.70. The summed E-state index contributed by atoms with van der Waals surface area (Å²) in [5.41, 5.74) is 1.43. The summed E-state index contributed by atoms with van der Waals surface area (Å²) in [6.45, 7) is 2.09. The molecule has 2 N–H and O–H groups in total. The van der Waals surface area contributed by atoms with Crippen molar-refractivity contribution in [2.45, 2.75) is 6.10 Å². The van der Waals surface area contributed by atoms with Gasteiger partial charge in [-0.15, -0.1) is 0 Å². The Bertz CT molecular complexity index is 717. The summed E-state index contributed by atoms with van der Waals surface area (Å²) >= 11 is 5.71. The van der Waals surface area contributed by atoms with Crippen LogP contribution in [0.15, 0.2) is 42.5 Å². The molecule has 3 rings (SSSR count). The number of benzene rings is 2. The molecule has 1 unspecified atom stereocenters. The molecule has 1 atom stereocenters. The molecule has 0 spiro atoms. The van der Waals surface area contributed by atoms with E-state index in [-0.39, 0.29) is 16.7 Å². The Labute approximate surface area is 138 Å². The maximum Gasteiger partial charge on any atom is 0.258 e. The number of amides is 1. The molecule has 1 heterocycles. The first-order valence-electron chi connectivity index (χ1n) is 7.33. The van der Waals surface area contributed by atoms with E-state index in [0.29, 0.717) is 18.8 Å². The maximum absolute atomic E-state index is 13.9. The zero-order valence-corrected chi connectivity index (χ0v) is 13.1. The van der Waals surface area contributed by atoms with Crippen molar-refractivity contribution in [3.8, 4) is 0 Å². The molecule has 0 bridgehead atoms. The highest BCUT2D eigenvalue weighted by Crippen LogP contribution is 2.27. The monoisotopic (exact) mass is 334 g/mol. The van der Waals surface area contributed by atoms with E-state index in [0.717, 1.165) is 18.2 Å². The predicted octanol–water partition coefficient (Wildman–Crippen LogP) is 3.39. The molecule has 2 aromatic rings. The van der Waals surface area contributed by atoms with Crippen molar-refractivity contribution in [2.75, 3.05) is 25.0 Å². The van der Waals surface area contributed by atoms with Crippen molar-refractivity contribution < 1.29 is 13.9 Å². The van der Waals surface area contributed by atoms with Crippen molar-refractivity contribution in [3.63, 3.8) is 0 Å². The number of morpholine rings is 1. The number of ether oxygens (including phenoxy) is 1. The smallest absolute Gasteiger partial charge is 0.258 e. The molecule has 0 aromatic heterocycles. The van der Waals surface area contributed by atoms with Crippen LogP contribution in [0.3, 0.4) is 0 Å². The molecular formula is C17H16ClFN2O2. The first-order chi connectivity index (χ1) is 11.1. The molecule has 120 valence electrons. The minimum Gasteiger partial charge on any atom is -0.371 e. The molecule has 1 aliphatic heterocycles. The van der Waals surface area contributed by atoms with Crippen LogP contribution in [0.5, 0.6) is 0 Å². The number of carbonyl (C=O) groups is 1. The van der Waals surface area contributed by atoms with Crippen LogP contribution >= 0.6 is 11.6 Å². The molecular weight excluding hydrogens is 319 g/mol. The summed E-state index contributed by atoms with van der Waals surface area (Å²) in [5.74, 6) is -1.17. The second-order valence-corrected chi connectivity index (χ2v) is 5.67. The lowest BCUT2D eigenvalue weighted by atomic mass is 10.1. The Kier molecular flexibility index (Phi) is 4.91. The maximum atomic E-state index is 13.9. The molecule has 1 amide bonds. The minimum atomic E-state index is -0.650. The standard InChI is InChI=1S/C17H16ClFN2O2/c18-11-5-6-12(14(19)9-11)17(22)21-15-4-2-1-3-13(15)16-10-20-7-8-23-16/h1-6,9,16,20H,7-8,10H2,(H,21,22). The van der Waals surface area contributed by atoms with Gasteiger partial charge in [0.15, 0.2) is 0 Å². The topological polar surface area (TPSA) is 50.4 Å². The van der Waals surface area contributed by atoms with E-state index in [9.17, 15) is 9.18 Å². The zero-order chi connectivity index (χ0) is 16.2. The van der Waals surface area contributed by atoms with Gasteiger partial charge in [0.25, 0.3) is 5.91 Å². The summed E-state index contributed by atoms with van der Waals surface area (Å²) in [6, 6.07) is 11.3. The minimum absolute atomic E-state index is 0.0492. The van der Waals surface area contributed by atoms with Gasteiger partial charge in [-0.2, -0.15) is 0 Å². The van der Waals surface area contributed by atoms with E-state index < -0.39 is 11.7 Å². The Morgan fingerprint density at radius 3 is 2.87 bits per heavy atom. The van der Waals surface area contributed by atoms with Crippen LogP contribution in [0, 0.1) is 5.82 Å². The third-order valence-corrected chi connectivity index (χ3v) is 3.89. The molecule has 0 radical (unpaired) electrons. The molecule has 0 saturated carbocycles. The lowest BCUT2D eigenvalue weighted by molar-refractivity contribution is 0.0281. The fourth-order valence-electron chi connectivity index (χ4n) is 2.52. The van der Waals surface area contributed by atoms with Crippen LogP contribution in [-0.2, 0) is 4.74 Å². The van der Waals surface area contributed by atoms with Crippen molar-refractivity contribution in [1.82, 2.24) is 5.32 Å². The van der Waals surface area contributed by atoms with Crippen LogP contribution in [0.1, 0.15) is 22.0 Å². The predicted molar refractivity (Wildman–Crippen MR) is 87.4 cm³/mol. The molecule has 6 heteroatoms. The highest BCUT2D eigenvalue weighted by molar-refractivity contribution is 6.30. The van der Waals surface area contributed by atoms with Crippen molar-refractivity contribution >= 4 is 23.2 Å². The van der Waals surface area contributed by atoms with Crippen LogP contribution in [0.4, 0.5) is 10.1 Å². The molecule has 23 heavy (non-hydrogen) atoms. The van der Waals surface area contributed by atoms with Gasteiger partial charge < -0.3 is 15.4 Å². The lowest BCUT2D eigenvalue weighted by Crippen LogP contribution is -2.33. The number of halogens is 2. The van der Waals surface area contributed by atoms with Gasteiger partial charge in [0.05, 0.1) is 18.3 Å². The van der Waals surface area contributed by atoms with Gasteiger partial charge in [-0.3, -0.25) is 4.79 Å². The molecule has 1 fully saturated rings. The fourth-order valence-corrected chi connectivity index (χ4v) is 2.68. The second kappa shape index (κ2) is 7.08. The van der Waals surface area contributed by atoms with Crippen LogP contribution in [0.25, 0.3) is 0 Å². The summed E-state index contributed by atoms with van der Waals surface area (Å²) in [7, 11) is 0.